The molecule has 1 N–H and O–H groups in total. The first-order valence-electron chi connectivity index (χ1n) is 10.1. The molecule has 1 amide bonds. The highest BCUT2D eigenvalue weighted by Gasteiger charge is 2.16. The molecular weight excluding hydrogens is 497 g/mol. The summed E-state index contributed by atoms with van der Waals surface area (Å²) in [5.41, 5.74) is -0.209. The summed E-state index contributed by atoms with van der Waals surface area (Å²) in [6, 6.07) is 22.3. The van der Waals surface area contributed by atoms with Crippen LogP contribution in [0.1, 0.15) is 10.4 Å². The lowest BCUT2D eigenvalue weighted by molar-refractivity contribution is 0.102. The van der Waals surface area contributed by atoms with Crippen LogP contribution in [-0.4, -0.2) is 5.91 Å². The molecular formula is C26H14Cl3NO4. The van der Waals surface area contributed by atoms with Crippen LogP contribution < -0.4 is 15.7 Å². The third-order valence-corrected chi connectivity index (χ3v) is 6.10. The highest BCUT2D eigenvalue weighted by atomic mass is 35.5. The number of carbonyl (C=O) groups is 1. The Kier molecular flexibility index (Phi) is 5.92. The van der Waals surface area contributed by atoms with Gasteiger partial charge >= 0.3 is 5.63 Å². The molecule has 4 aromatic carbocycles. The fourth-order valence-corrected chi connectivity index (χ4v) is 4.20. The molecule has 8 heteroatoms. The summed E-state index contributed by atoms with van der Waals surface area (Å²) in [5.74, 6) is 0.168. The molecule has 1 heterocycles. The van der Waals surface area contributed by atoms with Crippen molar-refractivity contribution in [1.82, 2.24) is 0 Å². The van der Waals surface area contributed by atoms with Crippen molar-refractivity contribution in [2.24, 2.45) is 0 Å². The second-order valence-corrected chi connectivity index (χ2v) is 8.65. The summed E-state index contributed by atoms with van der Waals surface area (Å²) in [6.45, 7) is 0. The monoisotopic (exact) mass is 509 g/mol. The van der Waals surface area contributed by atoms with E-state index in [0.29, 0.717) is 38.2 Å². The van der Waals surface area contributed by atoms with Crippen LogP contribution in [0.15, 0.2) is 88.1 Å². The van der Waals surface area contributed by atoms with Crippen LogP contribution in [-0.2, 0) is 0 Å². The lowest BCUT2D eigenvalue weighted by atomic mass is 10.1. The van der Waals surface area contributed by atoms with Crippen molar-refractivity contribution < 1.29 is 13.9 Å². The summed E-state index contributed by atoms with van der Waals surface area (Å²) < 4.78 is 11.1. The number of benzene rings is 4. The first kappa shape index (κ1) is 22.3. The molecule has 168 valence electrons. The highest BCUT2D eigenvalue weighted by molar-refractivity contribution is 6.37. The molecule has 1 aromatic heterocycles. The van der Waals surface area contributed by atoms with E-state index in [0.717, 1.165) is 10.8 Å². The number of rotatable bonds is 4. The molecule has 0 aliphatic carbocycles. The predicted molar refractivity (Wildman–Crippen MR) is 136 cm³/mol. The van der Waals surface area contributed by atoms with Crippen LogP contribution in [0.5, 0.6) is 11.5 Å². The molecule has 0 aliphatic rings. The van der Waals surface area contributed by atoms with Crippen molar-refractivity contribution in [3.05, 3.63) is 110 Å². The van der Waals surface area contributed by atoms with Gasteiger partial charge in [0.15, 0.2) is 0 Å². The zero-order valence-electron chi connectivity index (χ0n) is 17.3. The molecule has 34 heavy (non-hydrogen) atoms. The molecule has 0 spiro atoms. The number of hydrogen-bond acceptors (Lipinski definition) is 4. The third kappa shape index (κ3) is 4.33. The van der Waals surface area contributed by atoms with Crippen LogP contribution in [0.4, 0.5) is 5.69 Å². The molecule has 0 saturated heterocycles. The average Bonchev–Trinajstić information content (AvgIpc) is 2.82. The quantitative estimate of drug-likeness (QED) is 0.249. The van der Waals surface area contributed by atoms with Gasteiger partial charge in [0.1, 0.15) is 22.6 Å². The van der Waals surface area contributed by atoms with Gasteiger partial charge in [-0.3, -0.25) is 4.79 Å². The molecule has 0 radical (unpaired) electrons. The zero-order chi connectivity index (χ0) is 23.8. The zero-order valence-corrected chi connectivity index (χ0v) is 19.5. The summed E-state index contributed by atoms with van der Waals surface area (Å²) in [5, 5.41) is 6.21. The Labute approximate surface area is 208 Å². The van der Waals surface area contributed by atoms with Crippen LogP contribution in [0.25, 0.3) is 21.7 Å². The van der Waals surface area contributed by atoms with E-state index in [-0.39, 0.29) is 10.6 Å². The fourth-order valence-electron chi connectivity index (χ4n) is 3.52. The predicted octanol–water partition coefficient (Wildman–Crippen LogP) is 7.95. The number of anilines is 1. The van der Waals surface area contributed by atoms with Crippen molar-refractivity contribution in [3.8, 4) is 11.5 Å². The Morgan fingerprint density at radius 1 is 0.824 bits per heavy atom. The Morgan fingerprint density at radius 2 is 1.62 bits per heavy atom. The summed E-state index contributed by atoms with van der Waals surface area (Å²) in [6.07, 6.45) is 0. The van der Waals surface area contributed by atoms with Crippen LogP contribution >= 0.6 is 34.8 Å². The Hall–Kier alpha value is -3.51. The number of ether oxygens (including phenoxy) is 1. The second-order valence-electron chi connectivity index (χ2n) is 7.43. The topological polar surface area (TPSA) is 68.5 Å². The maximum absolute atomic E-state index is 12.7. The molecule has 5 aromatic rings. The number of nitrogens with one attached hydrogen (secondary N) is 1. The summed E-state index contributed by atoms with van der Waals surface area (Å²) in [4.78, 5) is 25.0. The van der Waals surface area contributed by atoms with Crippen LogP contribution in [0, 0.1) is 0 Å². The minimum atomic E-state index is -0.760. The van der Waals surface area contributed by atoms with Gasteiger partial charge in [-0.05, 0) is 53.9 Å². The maximum Gasteiger partial charge on any atom is 0.349 e. The van der Waals surface area contributed by atoms with Crippen molar-refractivity contribution >= 4 is 68.1 Å². The minimum absolute atomic E-state index is 0.158. The van der Waals surface area contributed by atoms with Gasteiger partial charge in [-0.1, -0.05) is 65.1 Å². The van der Waals surface area contributed by atoms with Gasteiger partial charge in [-0.2, -0.15) is 0 Å². The van der Waals surface area contributed by atoms with Crippen molar-refractivity contribution in [2.75, 3.05) is 5.32 Å². The first-order chi connectivity index (χ1) is 16.4. The third-order valence-electron chi connectivity index (χ3n) is 5.18. The van der Waals surface area contributed by atoms with Gasteiger partial charge in [0, 0.05) is 21.5 Å². The standard InChI is InChI=1S/C26H14Cl3NO4/c27-16-6-9-21-15(11-16)12-19(26(32)34-21)25(31)30-17-7-10-22(20(28)13-17)33-23-8-5-14-3-1-2-4-18(14)24(23)29/h1-13H,(H,30,31). The van der Waals surface area contributed by atoms with E-state index in [1.54, 1.807) is 36.4 Å². The van der Waals surface area contributed by atoms with Gasteiger partial charge in [-0.25, -0.2) is 4.79 Å². The van der Waals surface area contributed by atoms with Crippen LogP contribution in [0.3, 0.4) is 0 Å². The largest absolute Gasteiger partial charge is 0.454 e. The van der Waals surface area contributed by atoms with E-state index >= 15 is 0 Å². The number of carbonyl (C=O) groups excluding carboxylic acids is 1. The second kappa shape index (κ2) is 9.03. The molecule has 0 bridgehead atoms. The van der Waals surface area contributed by atoms with Gasteiger partial charge in [0.05, 0.1) is 10.0 Å². The average molecular weight is 511 g/mol. The fraction of sp³-hybridized carbons (Fsp3) is 0. The smallest absolute Gasteiger partial charge is 0.349 e. The molecule has 5 nitrogen and oxygen atoms in total. The number of fused-ring (bicyclic) bond motifs is 2. The van der Waals surface area contributed by atoms with E-state index in [4.69, 9.17) is 44.0 Å². The maximum atomic E-state index is 12.7. The first-order valence-corrected chi connectivity index (χ1v) is 11.2. The number of hydrogen-bond donors (Lipinski definition) is 1. The number of amides is 1. The van der Waals surface area contributed by atoms with E-state index < -0.39 is 11.5 Å². The Balaban J connectivity index is 1.39. The summed E-state index contributed by atoms with van der Waals surface area (Å²) >= 11 is 18.9. The molecule has 0 unspecified atom stereocenters. The van der Waals surface area contributed by atoms with E-state index in [2.05, 4.69) is 5.32 Å². The Morgan fingerprint density at radius 3 is 2.44 bits per heavy atom. The molecule has 5 rings (SSSR count). The molecule has 0 fully saturated rings. The minimum Gasteiger partial charge on any atom is -0.454 e. The van der Waals surface area contributed by atoms with Crippen molar-refractivity contribution in [1.29, 1.82) is 0 Å². The highest BCUT2D eigenvalue weighted by Crippen LogP contribution is 2.38. The van der Waals surface area contributed by atoms with Gasteiger partial charge < -0.3 is 14.5 Å². The van der Waals surface area contributed by atoms with Gasteiger partial charge in [0.25, 0.3) is 5.91 Å². The van der Waals surface area contributed by atoms with E-state index in [1.165, 1.54) is 12.1 Å². The van der Waals surface area contributed by atoms with Crippen molar-refractivity contribution in [3.63, 3.8) is 0 Å². The lowest BCUT2D eigenvalue weighted by Gasteiger charge is -2.12. The summed E-state index contributed by atoms with van der Waals surface area (Å²) in [7, 11) is 0. The van der Waals surface area contributed by atoms with Crippen molar-refractivity contribution in [2.45, 2.75) is 0 Å². The lowest BCUT2D eigenvalue weighted by Crippen LogP contribution is -2.20. The van der Waals surface area contributed by atoms with E-state index in [1.807, 2.05) is 30.3 Å². The molecule has 0 atom stereocenters. The SMILES string of the molecule is O=C(Nc1ccc(Oc2ccc3ccccc3c2Cl)c(Cl)c1)c1cc2cc(Cl)ccc2oc1=O. The molecule has 0 saturated carbocycles. The normalized spacial score (nSPS) is 11.0. The molecule has 0 aliphatic heterocycles. The van der Waals surface area contributed by atoms with E-state index in [9.17, 15) is 9.59 Å². The number of halogens is 3. The van der Waals surface area contributed by atoms with Gasteiger partial charge in [0.2, 0.25) is 0 Å². The van der Waals surface area contributed by atoms with Gasteiger partial charge in [-0.15, -0.1) is 0 Å². The Bertz CT molecular complexity index is 1650. The van der Waals surface area contributed by atoms with Crippen LogP contribution in [0.2, 0.25) is 15.1 Å².